The molecule has 0 spiro atoms. The van der Waals surface area contributed by atoms with E-state index >= 15 is 0 Å². The Bertz CT molecular complexity index is 708. The van der Waals surface area contributed by atoms with Crippen molar-refractivity contribution < 1.29 is 9.53 Å². The van der Waals surface area contributed by atoms with Crippen LogP contribution in [0.5, 0.6) is 0 Å². The molecule has 1 aliphatic rings. The van der Waals surface area contributed by atoms with E-state index in [4.69, 9.17) is 4.74 Å². The fraction of sp³-hybridized carbons (Fsp3) is 0.444. The minimum atomic E-state index is -0.190. The van der Waals surface area contributed by atoms with Gasteiger partial charge in [-0.25, -0.2) is 0 Å². The molecule has 0 unspecified atom stereocenters. The lowest BCUT2D eigenvalue weighted by Crippen LogP contribution is -2.35. The molecule has 1 atom stereocenters. The van der Waals surface area contributed by atoms with Gasteiger partial charge in [0.05, 0.1) is 12.7 Å². The molecule has 3 rings (SSSR count). The van der Waals surface area contributed by atoms with E-state index in [1.807, 2.05) is 38.1 Å². The number of aromatic nitrogens is 2. The number of aryl methyl sites for hydroxylation is 1. The van der Waals surface area contributed by atoms with Gasteiger partial charge in [-0.05, 0) is 38.1 Å². The molecule has 1 fully saturated rings. The second kappa shape index (κ2) is 7.15. The van der Waals surface area contributed by atoms with Crippen LogP contribution in [0, 0.1) is 6.92 Å². The topological polar surface area (TPSA) is 70.2 Å². The molecule has 128 valence electrons. The number of ether oxygens (including phenoxy) is 1. The lowest BCUT2D eigenvalue weighted by atomic mass is 10.1. The second-order valence-electron chi connectivity index (χ2n) is 6.23. The molecule has 1 amide bonds. The summed E-state index contributed by atoms with van der Waals surface area (Å²) in [7, 11) is 2.10. The van der Waals surface area contributed by atoms with Gasteiger partial charge < -0.3 is 15.0 Å². The molecule has 1 saturated heterocycles. The Labute approximate surface area is 142 Å². The van der Waals surface area contributed by atoms with E-state index in [1.165, 1.54) is 0 Å². The molecule has 1 aliphatic heterocycles. The van der Waals surface area contributed by atoms with Gasteiger partial charge in [0.2, 0.25) is 0 Å². The predicted molar refractivity (Wildman–Crippen MR) is 93.3 cm³/mol. The van der Waals surface area contributed by atoms with Crippen molar-refractivity contribution in [3.63, 3.8) is 0 Å². The van der Waals surface area contributed by atoms with Crippen LogP contribution in [-0.4, -0.2) is 47.7 Å². The van der Waals surface area contributed by atoms with Crippen molar-refractivity contribution in [3.8, 4) is 0 Å². The summed E-state index contributed by atoms with van der Waals surface area (Å²) in [6.07, 6.45) is 0.922. The van der Waals surface area contributed by atoms with Crippen molar-refractivity contribution in [1.82, 2.24) is 15.1 Å². The van der Waals surface area contributed by atoms with Gasteiger partial charge >= 0.3 is 0 Å². The van der Waals surface area contributed by atoms with Gasteiger partial charge in [0.15, 0.2) is 5.69 Å². The van der Waals surface area contributed by atoms with E-state index in [0.717, 1.165) is 48.6 Å². The molecule has 2 aromatic rings. The number of aromatic amines is 1. The fourth-order valence-corrected chi connectivity index (χ4v) is 2.95. The molecule has 6 nitrogen and oxygen atoms in total. The summed E-state index contributed by atoms with van der Waals surface area (Å²) in [6.45, 7) is 6.55. The van der Waals surface area contributed by atoms with E-state index in [2.05, 4.69) is 27.5 Å². The number of rotatable bonds is 4. The van der Waals surface area contributed by atoms with Crippen molar-refractivity contribution in [1.29, 1.82) is 0 Å². The Morgan fingerprint density at radius 2 is 2.17 bits per heavy atom. The molecule has 2 N–H and O–H groups in total. The molecule has 24 heavy (non-hydrogen) atoms. The van der Waals surface area contributed by atoms with Gasteiger partial charge in [0.1, 0.15) is 0 Å². The lowest BCUT2D eigenvalue weighted by Gasteiger charge is -2.30. The molecule has 0 aliphatic carbocycles. The number of carbonyl (C=O) groups excluding carboxylic acids is 1. The van der Waals surface area contributed by atoms with Crippen LogP contribution in [-0.2, 0) is 11.2 Å². The number of morpholine rings is 1. The maximum atomic E-state index is 12.4. The van der Waals surface area contributed by atoms with Crippen LogP contribution in [0.3, 0.4) is 0 Å². The van der Waals surface area contributed by atoms with Gasteiger partial charge in [0, 0.05) is 30.0 Å². The number of amides is 1. The van der Waals surface area contributed by atoms with E-state index in [9.17, 15) is 4.79 Å². The average molecular weight is 328 g/mol. The van der Waals surface area contributed by atoms with Crippen molar-refractivity contribution in [2.75, 3.05) is 32.1 Å². The smallest absolute Gasteiger partial charge is 0.276 e. The second-order valence-corrected chi connectivity index (χ2v) is 6.23. The lowest BCUT2D eigenvalue weighted by molar-refractivity contribution is -0.0208. The van der Waals surface area contributed by atoms with Crippen molar-refractivity contribution in [2.24, 2.45) is 0 Å². The normalized spacial score (nSPS) is 18.5. The first-order valence-corrected chi connectivity index (χ1v) is 8.33. The van der Waals surface area contributed by atoms with E-state index in [0.29, 0.717) is 5.69 Å². The van der Waals surface area contributed by atoms with Crippen LogP contribution < -0.4 is 5.32 Å². The van der Waals surface area contributed by atoms with Crippen molar-refractivity contribution in [3.05, 3.63) is 46.8 Å². The van der Waals surface area contributed by atoms with Gasteiger partial charge in [-0.15, -0.1) is 0 Å². The van der Waals surface area contributed by atoms with Gasteiger partial charge in [-0.1, -0.05) is 19.1 Å². The third kappa shape index (κ3) is 3.49. The fourth-order valence-electron chi connectivity index (χ4n) is 2.95. The first kappa shape index (κ1) is 16.7. The number of hydrogen-bond acceptors (Lipinski definition) is 4. The number of hydrogen-bond donors (Lipinski definition) is 2. The monoisotopic (exact) mass is 328 g/mol. The Morgan fingerprint density at radius 3 is 2.79 bits per heavy atom. The first-order valence-electron chi connectivity index (χ1n) is 8.33. The number of nitrogens with one attached hydrogen (secondary N) is 2. The maximum absolute atomic E-state index is 12.4. The molecule has 0 radical (unpaired) electrons. The highest BCUT2D eigenvalue weighted by Crippen LogP contribution is 2.23. The Morgan fingerprint density at radius 1 is 1.42 bits per heavy atom. The summed E-state index contributed by atoms with van der Waals surface area (Å²) in [5.41, 5.74) is 4.24. The highest BCUT2D eigenvalue weighted by Gasteiger charge is 2.20. The summed E-state index contributed by atoms with van der Waals surface area (Å²) in [5.74, 6) is -0.190. The zero-order chi connectivity index (χ0) is 17.1. The Balaban J connectivity index is 1.67. The molecular formula is C18H24N4O2. The van der Waals surface area contributed by atoms with Crippen LogP contribution in [0.25, 0.3) is 0 Å². The van der Waals surface area contributed by atoms with Crippen LogP contribution in [0.2, 0.25) is 0 Å². The first-order chi connectivity index (χ1) is 11.6. The molecular weight excluding hydrogens is 304 g/mol. The summed E-state index contributed by atoms with van der Waals surface area (Å²) in [4.78, 5) is 14.6. The van der Waals surface area contributed by atoms with Gasteiger partial charge in [-0.2, -0.15) is 5.10 Å². The van der Waals surface area contributed by atoms with E-state index < -0.39 is 0 Å². The summed E-state index contributed by atoms with van der Waals surface area (Å²) >= 11 is 0. The van der Waals surface area contributed by atoms with Crippen LogP contribution in [0.1, 0.15) is 40.3 Å². The molecule has 0 bridgehead atoms. The minimum Gasteiger partial charge on any atom is -0.371 e. The largest absolute Gasteiger partial charge is 0.371 e. The number of benzene rings is 1. The van der Waals surface area contributed by atoms with Crippen LogP contribution in [0.15, 0.2) is 24.3 Å². The molecule has 2 heterocycles. The highest BCUT2D eigenvalue weighted by molar-refractivity contribution is 6.03. The van der Waals surface area contributed by atoms with Crippen molar-refractivity contribution >= 4 is 11.6 Å². The predicted octanol–water partition coefficient (Wildman–Crippen LogP) is 2.54. The minimum absolute atomic E-state index is 0.0919. The van der Waals surface area contributed by atoms with Gasteiger partial charge in [-0.3, -0.25) is 9.89 Å². The summed E-state index contributed by atoms with van der Waals surface area (Å²) in [5, 5.41) is 9.94. The standard InChI is InChI=1S/C18H24N4O2/c1-4-15-12(2)17(21-20-15)18(23)19-14-7-5-13(6-8-14)16-11-22(3)9-10-24-16/h5-8,16H,4,9-11H2,1-3H3,(H,19,23)(H,20,21)/t16-/m1/s1. The number of H-pyrrole nitrogens is 1. The number of anilines is 1. The number of likely N-dealkylation sites (N-methyl/N-ethyl adjacent to an activating group) is 1. The summed E-state index contributed by atoms with van der Waals surface area (Å²) in [6, 6.07) is 7.84. The Kier molecular flexibility index (Phi) is 4.97. The Hall–Kier alpha value is -2.18. The highest BCUT2D eigenvalue weighted by atomic mass is 16.5. The zero-order valence-electron chi connectivity index (χ0n) is 14.4. The quantitative estimate of drug-likeness (QED) is 0.905. The molecule has 1 aromatic heterocycles. The molecule has 0 saturated carbocycles. The zero-order valence-corrected chi connectivity index (χ0v) is 14.4. The third-order valence-electron chi connectivity index (χ3n) is 4.49. The van der Waals surface area contributed by atoms with Crippen LogP contribution in [0.4, 0.5) is 5.69 Å². The van der Waals surface area contributed by atoms with E-state index in [1.54, 1.807) is 0 Å². The summed E-state index contributed by atoms with van der Waals surface area (Å²) < 4.78 is 5.81. The van der Waals surface area contributed by atoms with Crippen molar-refractivity contribution in [2.45, 2.75) is 26.4 Å². The molecule has 6 heteroatoms. The average Bonchev–Trinajstić information content (AvgIpc) is 2.96. The third-order valence-corrected chi connectivity index (χ3v) is 4.49. The van der Waals surface area contributed by atoms with Gasteiger partial charge in [0.25, 0.3) is 5.91 Å². The van der Waals surface area contributed by atoms with E-state index in [-0.39, 0.29) is 12.0 Å². The SMILES string of the molecule is CCc1[nH]nc(C(=O)Nc2ccc([C@H]3CN(C)CCO3)cc2)c1C. The maximum Gasteiger partial charge on any atom is 0.276 e. The van der Waals surface area contributed by atoms with Crippen LogP contribution >= 0.6 is 0 Å². The molecule has 1 aromatic carbocycles. The number of nitrogens with zero attached hydrogens (tertiary/aromatic N) is 2. The number of carbonyl (C=O) groups is 1.